The maximum Gasteiger partial charge on any atom is 0.250 e. The molecule has 15 heavy (non-hydrogen) atoms. The van der Waals surface area contributed by atoms with E-state index in [-0.39, 0.29) is 5.56 Å². The normalized spacial score (nSPS) is 17.9. The molecule has 0 unspecified atom stereocenters. The van der Waals surface area contributed by atoms with Crippen LogP contribution in [0.25, 0.3) is 0 Å². The van der Waals surface area contributed by atoms with Gasteiger partial charge in [-0.15, -0.1) is 0 Å². The van der Waals surface area contributed by atoms with Crippen LogP contribution >= 0.6 is 0 Å². The van der Waals surface area contributed by atoms with Crippen molar-refractivity contribution >= 4 is 0 Å². The molecule has 1 aromatic rings. The van der Waals surface area contributed by atoms with Crippen molar-refractivity contribution < 1.29 is 0 Å². The van der Waals surface area contributed by atoms with E-state index in [2.05, 4.69) is 0 Å². The zero-order valence-electron chi connectivity index (χ0n) is 9.41. The maximum absolute atomic E-state index is 11.7. The molecule has 0 atom stereocenters. The lowest BCUT2D eigenvalue weighted by Gasteiger charge is -2.22. The zero-order chi connectivity index (χ0) is 10.7. The third-order valence-electron chi connectivity index (χ3n) is 3.33. The highest BCUT2D eigenvalue weighted by atomic mass is 16.1. The third-order valence-corrected chi connectivity index (χ3v) is 3.33. The van der Waals surface area contributed by atoms with Crippen molar-refractivity contribution in [3.63, 3.8) is 0 Å². The van der Waals surface area contributed by atoms with E-state index in [4.69, 9.17) is 0 Å². The lowest BCUT2D eigenvalue weighted by atomic mass is 9.89. The van der Waals surface area contributed by atoms with Gasteiger partial charge in [0.25, 0.3) is 5.56 Å². The summed E-state index contributed by atoms with van der Waals surface area (Å²) in [5, 5.41) is 0. The molecule has 0 aromatic carbocycles. The molecular weight excluding hydrogens is 186 g/mol. The molecule has 2 nitrogen and oxygen atoms in total. The van der Waals surface area contributed by atoms with Crippen LogP contribution in [0.3, 0.4) is 0 Å². The average molecular weight is 205 g/mol. The largest absolute Gasteiger partial charge is 0.315 e. The quantitative estimate of drug-likeness (QED) is 0.727. The predicted octanol–water partition coefficient (Wildman–Crippen LogP) is 2.74. The van der Waals surface area contributed by atoms with Crippen LogP contribution in [0.1, 0.15) is 37.7 Å². The lowest BCUT2D eigenvalue weighted by molar-refractivity contribution is 0.316. The first-order valence-electron chi connectivity index (χ1n) is 5.93. The molecule has 0 aliphatic heterocycles. The van der Waals surface area contributed by atoms with Gasteiger partial charge in [-0.25, -0.2) is 0 Å². The van der Waals surface area contributed by atoms with Gasteiger partial charge < -0.3 is 4.57 Å². The first-order valence-corrected chi connectivity index (χ1v) is 5.93. The van der Waals surface area contributed by atoms with Crippen molar-refractivity contribution in [2.45, 2.75) is 45.6 Å². The molecule has 0 saturated heterocycles. The molecule has 82 valence electrons. The minimum Gasteiger partial charge on any atom is -0.315 e. The van der Waals surface area contributed by atoms with Gasteiger partial charge in [0, 0.05) is 18.8 Å². The summed E-state index contributed by atoms with van der Waals surface area (Å²) in [6, 6.07) is 3.74. The molecule has 1 aliphatic rings. The van der Waals surface area contributed by atoms with E-state index in [9.17, 15) is 4.79 Å². The third kappa shape index (κ3) is 2.71. The topological polar surface area (TPSA) is 22.0 Å². The second kappa shape index (κ2) is 4.65. The van der Waals surface area contributed by atoms with Crippen molar-refractivity contribution in [3.05, 3.63) is 34.2 Å². The highest BCUT2D eigenvalue weighted by Crippen LogP contribution is 2.24. The number of aryl methyl sites for hydroxylation is 1. The fraction of sp³-hybridized carbons (Fsp3) is 0.615. The van der Waals surface area contributed by atoms with Crippen molar-refractivity contribution in [2.24, 2.45) is 5.92 Å². The van der Waals surface area contributed by atoms with Gasteiger partial charge in [0.05, 0.1) is 0 Å². The van der Waals surface area contributed by atoms with E-state index < -0.39 is 0 Å². The van der Waals surface area contributed by atoms with E-state index in [1.165, 1.54) is 32.1 Å². The van der Waals surface area contributed by atoms with Crippen LogP contribution in [-0.4, -0.2) is 4.57 Å². The fourth-order valence-electron chi connectivity index (χ4n) is 2.41. The number of hydrogen-bond donors (Lipinski definition) is 0. The van der Waals surface area contributed by atoms with E-state index in [1.54, 1.807) is 6.07 Å². The molecule has 0 spiro atoms. The highest BCUT2D eigenvalue weighted by Gasteiger charge is 2.13. The molecule has 0 N–H and O–H groups in total. The van der Waals surface area contributed by atoms with Gasteiger partial charge in [0.15, 0.2) is 0 Å². The SMILES string of the molecule is Cc1ccn(CC2CCCCC2)c(=O)c1. The molecule has 2 heteroatoms. The summed E-state index contributed by atoms with van der Waals surface area (Å²) >= 11 is 0. The van der Waals surface area contributed by atoms with Crippen LogP contribution in [0, 0.1) is 12.8 Å². The summed E-state index contributed by atoms with van der Waals surface area (Å²) in [6.07, 6.45) is 8.57. The Kier molecular flexibility index (Phi) is 3.24. The van der Waals surface area contributed by atoms with Crippen LogP contribution < -0.4 is 5.56 Å². The van der Waals surface area contributed by atoms with Crippen molar-refractivity contribution in [3.8, 4) is 0 Å². The molecule has 0 radical (unpaired) electrons. The molecule has 1 fully saturated rings. The zero-order valence-corrected chi connectivity index (χ0v) is 9.41. The van der Waals surface area contributed by atoms with Gasteiger partial charge in [-0.05, 0) is 37.3 Å². The number of nitrogens with zero attached hydrogens (tertiary/aromatic N) is 1. The summed E-state index contributed by atoms with van der Waals surface area (Å²) in [5.41, 5.74) is 1.21. The summed E-state index contributed by atoms with van der Waals surface area (Å²) in [6.45, 7) is 2.88. The van der Waals surface area contributed by atoms with Crippen LogP contribution in [0.4, 0.5) is 0 Å². The monoisotopic (exact) mass is 205 g/mol. The first-order chi connectivity index (χ1) is 7.25. The van der Waals surface area contributed by atoms with Crippen molar-refractivity contribution in [1.29, 1.82) is 0 Å². The minimum atomic E-state index is 0.153. The standard InChI is InChI=1S/C13H19NO/c1-11-7-8-14(13(15)9-11)10-12-5-3-2-4-6-12/h7-9,12H,2-6,10H2,1H3. The number of pyridine rings is 1. The Bertz CT molecular complexity index is 374. The van der Waals surface area contributed by atoms with E-state index >= 15 is 0 Å². The second-order valence-corrected chi connectivity index (χ2v) is 4.70. The smallest absolute Gasteiger partial charge is 0.250 e. The van der Waals surface area contributed by atoms with Gasteiger partial charge in [-0.2, -0.15) is 0 Å². The summed E-state index contributed by atoms with van der Waals surface area (Å²) in [4.78, 5) is 11.7. The van der Waals surface area contributed by atoms with E-state index in [0.29, 0.717) is 0 Å². The predicted molar refractivity (Wildman–Crippen MR) is 62.0 cm³/mol. The Morgan fingerprint density at radius 1 is 1.33 bits per heavy atom. The number of rotatable bonds is 2. The fourth-order valence-corrected chi connectivity index (χ4v) is 2.41. The summed E-state index contributed by atoms with van der Waals surface area (Å²) in [7, 11) is 0. The molecule has 1 saturated carbocycles. The van der Waals surface area contributed by atoms with Crippen LogP contribution in [0.2, 0.25) is 0 Å². The molecule has 2 rings (SSSR count). The Labute approximate surface area is 90.9 Å². The molecule has 0 amide bonds. The molecule has 1 heterocycles. The van der Waals surface area contributed by atoms with E-state index in [1.807, 2.05) is 23.8 Å². The molecule has 1 aliphatic carbocycles. The Balaban J connectivity index is 2.06. The van der Waals surface area contributed by atoms with Crippen LogP contribution in [-0.2, 0) is 6.54 Å². The Morgan fingerprint density at radius 3 is 2.73 bits per heavy atom. The van der Waals surface area contributed by atoms with Gasteiger partial charge >= 0.3 is 0 Å². The summed E-state index contributed by atoms with van der Waals surface area (Å²) < 4.78 is 1.86. The van der Waals surface area contributed by atoms with Crippen LogP contribution in [0.15, 0.2) is 23.1 Å². The van der Waals surface area contributed by atoms with Crippen molar-refractivity contribution in [1.82, 2.24) is 4.57 Å². The maximum atomic E-state index is 11.7. The van der Waals surface area contributed by atoms with Gasteiger partial charge in [-0.1, -0.05) is 19.3 Å². The Morgan fingerprint density at radius 2 is 2.07 bits per heavy atom. The highest BCUT2D eigenvalue weighted by molar-refractivity contribution is 5.08. The molecule has 0 bridgehead atoms. The summed E-state index contributed by atoms with van der Waals surface area (Å²) in [5.74, 6) is 0.721. The average Bonchev–Trinajstić information content (AvgIpc) is 2.24. The second-order valence-electron chi connectivity index (χ2n) is 4.70. The molecule has 1 aromatic heterocycles. The van der Waals surface area contributed by atoms with Crippen molar-refractivity contribution in [2.75, 3.05) is 0 Å². The number of aromatic nitrogens is 1. The Hall–Kier alpha value is -1.05. The lowest BCUT2D eigenvalue weighted by Crippen LogP contribution is -2.24. The van der Waals surface area contributed by atoms with Gasteiger partial charge in [0.1, 0.15) is 0 Å². The van der Waals surface area contributed by atoms with E-state index in [0.717, 1.165) is 18.0 Å². The molecular formula is C13H19NO. The van der Waals surface area contributed by atoms with Gasteiger partial charge in [-0.3, -0.25) is 4.79 Å². The first kappa shape index (κ1) is 10.5. The van der Waals surface area contributed by atoms with Crippen LogP contribution in [0.5, 0.6) is 0 Å². The number of hydrogen-bond acceptors (Lipinski definition) is 1. The van der Waals surface area contributed by atoms with Gasteiger partial charge in [0.2, 0.25) is 0 Å². The minimum absolute atomic E-state index is 0.153.